The van der Waals surface area contributed by atoms with Crippen molar-refractivity contribution in [2.45, 2.75) is 38.8 Å². The van der Waals surface area contributed by atoms with E-state index in [-0.39, 0.29) is 6.04 Å². The summed E-state index contributed by atoms with van der Waals surface area (Å²) in [5, 5.41) is 14.0. The molecule has 20 heavy (non-hydrogen) atoms. The van der Waals surface area contributed by atoms with E-state index in [1.165, 1.54) is 0 Å². The average Bonchev–Trinajstić information content (AvgIpc) is 2.46. The molecule has 0 bridgehead atoms. The molecule has 0 spiro atoms. The summed E-state index contributed by atoms with van der Waals surface area (Å²) in [7, 11) is 3.33. The molecule has 0 heterocycles. The molecule has 4 heteroatoms. The van der Waals surface area contributed by atoms with Crippen LogP contribution in [0.15, 0.2) is 18.2 Å². The van der Waals surface area contributed by atoms with Crippen molar-refractivity contribution in [3.63, 3.8) is 0 Å². The Bertz CT molecular complexity index is 395. The fourth-order valence-electron chi connectivity index (χ4n) is 2.28. The normalized spacial score (nSPS) is 14.1. The highest BCUT2D eigenvalue weighted by Gasteiger charge is 2.22. The molecule has 0 saturated carbocycles. The monoisotopic (exact) mass is 281 g/mol. The topological polar surface area (TPSA) is 50.7 Å². The lowest BCUT2D eigenvalue weighted by Gasteiger charge is -2.25. The summed E-state index contributed by atoms with van der Waals surface area (Å²) in [6.45, 7) is 5.65. The summed E-state index contributed by atoms with van der Waals surface area (Å²) in [4.78, 5) is 0. The first-order chi connectivity index (χ1) is 9.63. The van der Waals surface area contributed by atoms with Crippen molar-refractivity contribution in [3.05, 3.63) is 29.3 Å². The van der Waals surface area contributed by atoms with E-state index in [2.05, 4.69) is 12.2 Å². The Kier molecular flexibility index (Phi) is 7.59. The minimum atomic E-state index is -0.572. The first-order valence-corrected chi connectivity index (χ1v) is 7.19. The number of nitrogens with one attached hydrogen (secondary N) is 1. The number of rotatable bonds is 9. The van der Waals surface area contributed by atoms with E-state index in [1.54, 1.807) is 14.2 Å². The molecule has 2 atom stereocenters. The lowest BCUT2D eigenvalue weighted by atomic mass is 9.97. The van der Waals surface area contributed by atoms with E-state index in [1.807, 2.05) is 25.1 Å². The number of aryl methyl sites for hydroxylation is 1. The number of hydrogen-bond acceptors (Lipinski definition) is 4. The van der Waals surface area contributed by atoms with Crippen LogP contribution in [0.25, 0.3) is 0 Å². The predicted octanol–water partition coefficient (Wildman–Crippen LogP) is 2.44. The second kappa shape index (κ2) is 8.95. The van der Waals surface area contributed by atoms with Crippen LogP contribution in [0.5, 0.6) is 5.75 Å². The number of hydrogen-bond donors (Lipinski definition) is 2. The highest BCUT2D eigenvalue weighted by Crippen LogP contribution is 2.29. The highest BCUT2D eigenvalue weighted by atomic mass is 16.5. The molecule has 1 aromatic carbocycles. The summed E-state index contributed by atoms with van der Waals surface area (Å²) in [6.07, 6.45) is 1.22. The predicted molar refractivity (Wildman–Crippen MR) is 81.3 cm³/mol. The van der Waals surface area contributed by atoms with Crippen molar-refractivity contribution >= 4 is 0 Å². The molecule has 0 amide bonds. The molecule has 0 aliphatic rings. The zero-order valence-corrected chi connectivity index (χ0v) is 13.0. The van der Waals surface area contributed by atoms with Crippen molar-refractivity contribution in [1.29, 1.82) is 0 Å². The van der Waals surface area contributed by atoms with Crippen molar-refractivity contribution in [2.75, 3.05) is 27.4 Å². The van der Waals surface area contributed by atoms with Gasteiger partial charge >= 0.3 is 0 Å². The lowest BCUT2D eigenvalue weighted by Crippen LogP contribution is -2.35. The van der Waals surface area contributed by atoms with Gasteiger partial charge in [0.25, 0.3) is 0 Å². The maximum Gasteiger partial charge on any atom is 0.124 e. The first kappa shape index (κ1) is 17.0. The summed E-state index contributed by atoms with van der Waals surface area (Å²) in [6, 6.07) is 5.90. The molecule has 0 aliphatic carbocycles. The van der Waals surface area contributed by atoms with Crippen LogP contribution in [0.4, 0.5) is 0 Å². The maximum absolute atomic E-state index is 10.6. The molecule has 1 aromatic rings. The number of aliphatic hydroxyl groups excluding tert-OH is 1. The Morgan fingerprint density at radius 3 is 2.65 bits per heavy atom. The third kappa shape index (κ3) is 4.78. The van der Waals surface area contributed by atoms with Crippen LogP contribution >= 0.6 is 0 Å². The maximum atomic E-state index is 10.6. The molecule has 0 aliphatic heterocycles. The third-order valence-electron chi connectivity index (χ3n) is 3.46. The summed E-state index contributed by atoms with van der Waals surface area (Å²) in [5.41, 5.74) is 1.97. The van der Waals surface area contributed by atoms with Crippen LogP contribution in [-0.2, 0) is 4.74 Å². The van der Waals surface area contributed by atoms with Gasteiger partial charge in [0.05, 0.1) is 13.2 Å². The Hall–Kier alpha value is -1.10. The number of aliphatic hydroxyl groups is 1. The third-order valence-corrected chi connectivity index (χ3v) is 3.46. The molecular formula is C16H27NO3. The van der Waals surface area contributed by atoms with Crippen LogP contribution in [0.2, 0.25) is 0 Å². The van der Waals surface area contributed by atoms with E-state index in [0.29, 0.717) is 0 Å². The van der Waals surface area contributed by atoms with Crippen LogP contribution in [0.3, 0.4) is 0 Å². The van der Waals surface area contributed by atoms with Gasteiger partial charge in [-0.2, -0.15) is 0 Å². The molecule has 1 rings (SSSR count). The van der Waals surface area contributed by atoms with Crippen molar-refractivity contribution in [1.82, 2.24) is 5.32 Å². The van der Waals surface area contributed by atoms with Gasteiger partial charge in [0.15, 0.2) is 0 Å². The molecule has 4 nitrogen and oxygen atoms in total. The van der Waals surface area contributed by atoms with Gasteiger partial charge in [-0.05, 0) is 38.4 Å². The Morgan fingerprint density at radius 2 is 2.05 bits per heavy atom. The molecule has 0 fully saturated rings. The molecule has 0 radical (unpaired) electrons. The van der Waals surface area contributed by atoms with Gasteiger partial charge in [-0.15, -0.1) is 0 Å². The van der Waals surface area contributed by atoms with Gasteiger partial charge in [-0.1, -0.05) is 18.6 Å². The van der Waals surface area contributed by atoms with Gasteiger partial charge in [0.2, 0.25) is 0 Å². The Morgan fingerprint density at radius 1 is 1.30 bits per heavy atom. The van der Waals surface area contributed by atoms with E-state index >= 15 is 0 Å². The fourth-order valence-corrected chi connectivity index (χ4v) is 2.28. The molecule has 0 saturated heterocycles. The molecule has 0 aromatic heterocycles. The number of ether oxygens (including phenoxy) is 2. The lowest BCUT2D eigenvalue weighted by molar-refractivity contribution is 0.120. The van der Waals surface area contributed by atoms with Crippen LogP contribution in [-0.4, -0.2) is 38.5 Å². The Balaban J connectivity index is 2.74. The van der Waals surface area contributed by atoms with Gasteiger partial charge in [-0.25, -0.2) is 0 Å². The average molecular weight is 281 g/mol. The second-order valence-corrected chi connectivity index (χ2v) is 5.01. The summed E-state index contributed by atoms with van der Waals surface area (Å²) in [5.74, 6) is 0.736. The molecule has 2 unspecified atom stereocenters. The van der Waals surface area contributed by atoms with Gasteiger partial charge in [-0.3, -0.25) is 0 Å². The van der Waals surface area contributed by atoms with E-state index in [9.17, 15) is 5.11 Å². The smallest absolute Gasteiger partial charge is 0.124 e. The molecular weight excluding hydrogens is 254 g/mol. The number of benzene rings is 1. The summed E-state index contributed by atoms with van der Waals surface area (Å²) < 4.78 is 10.4. The van der Waals surface area contributed by atoms with Crippen molar-refractivity contribution in [3.8, 4) is 5.75 Å². The largest absolute Gasteiger partial charge is 0.496 e. The highest BCUT2D eigenvalue weighted by molar-refractivity contribution is 5.39. The minimum absolute atomic E-state index is 0.0163. The first-order valence-electron chi connectivity index (χ1n) is 7.19. The van der Waals surface area contributed by atoms with Gasteiger partial charge in [0, 0.05) is 25.3 Å². The zero-order chi connectivity index (χ0) is 15.0. The molecule has 114 valence electrons. The van der Waals surface area contributed by atoms with Crippen molar-refractivity contribution in [2.24, 2.45) is 0 Å². The standard InChI is InChI=1S/C16H27NO3/c1-5-14(17-9-6-10-19-3)16(18)13-11-12(2)7-8-15(13)20-4/h7-8,11,14,16-18H,5-6,9-10H2,1-4H3. The summed E-state index contributed by atoms with van der Waals surface area (Å²) >= 11 is 0. The SMILES string of the molecule is CCC(NCCCOC)C(O)c1cc(C)ccc1OC. The Labute approximate surface area is 122 Å². The quantitative estimate of drug-likeness (QED) is 0.683. The fraction of sp³-hybridized carbons (Fsp3) is 0.625. The van der Waals surface area contributed by atoms with Crippen LogP contribution in [0.1, 0.15) is 37.0 Å². The van der Waals surface area contributed by atoms with Crippen LogP contribution < -0.4 is 10.1 Å². The van der Waals surface area contributed by atoms with E-state index < -0.39 is 6.10 Å². The van der Waals surface area contributed by atoms with Crippen LogP contribution in [0, 0.1) is 6.92 Å². The zero-order valence-electron chi connectivity index (χ0n) is 13.0. The van der Waals surface area contributed by atoms with E-state index in [0.717, 1.165) is 42.9 Å². The van der Waals surface area contributed by atoms with Gasteiger partial charge < -0.3 is 19.9 Å². The molecule has 2 N–H and O–H groups in total. The minimum Gasteiger partial charge on any atom is -0.496 e. The second-order valence-electron chi connectivity index (χ2n) is 5.01. The van der Waals surface area contributed by atoms with Crippen molar-refractivity contribution < 1.29 is 14.6 Å². The van der Waals surface area contributed by atoms with E-state index in [4.69, 9.17) is 9.47 Å². The van der Waals surface area contributed by atoms with Gasteiger partial charge in [0.1, 0.15) is 5.75 Å². The number of methoxy groups -OCH3 is 2.